The number of nitrogens with one attached hydrogen (secondary N) is 1. The molecule has 0 aliphatic rings. The first-order valence-corrected chi connectivity index (χ1v) is 13.2. The quantitative estimate of drug-likeness (QED) is 0.189. The largest absolute Gasteiger partial charge is 0.490 e. The molecule has 1 N–H and O–H groups in total. The second-order valence-corrected chi connectivity index (χ2v) is 9.33. The number of hydrogen-bond donors (Lipinski definition) is 1. The van der Waals surface area contributed by atoms with E-state index in [1.54, 1.807) is 48.7 Å². The van der Waals surface area contributed by atoms with Crippen LogP contribution in [0.25, 0.3) is 0 Å². The standard InChI is InChI=1S/C28H27BrClN3O5/c1-3-35-26-11-5-19(15-27(26)36-4-2)17-37-22-9-7-21(8-10-22)31-28(34)24-13-14-33(32-24)18-38-25-12-6-20(29)16-23(25)30/h5-16H,3-4,17-18H2,1-2H3,(H,31,34). The van der Waals surface area contributed by atoms with Gasteiger partial charge in [0.2, 0.25) is 0 Å². The topological polar surface area (TPSA) is 83.8 Å². The van der Waals surface area contributed by atoms with Crippen LogP contribution in [0, 0.1) is 0 Å². The minimum atomic E-state index is -0.336. The number of benzene rings is 3. The smallest absolute Gasteiger partial charge is 0.276 e. The summed E-state index contributed by atoms with van der Waals surface area (Å²) in [7, 11) is 0. The van der Waals surface area contributed by atoms with Gasteiger partial charge in [0.05, 0.1) is 18.2 Å². The molecule has 0 bridgehead atoms. The van der Waals surface area contributed by atoms with Crippen LogP contribution < -0.4 is 24.3 Å². The van der Waals surface area contributed by atoms with E-state index in [2.05, 4.69) is 26.3 Å². The lowest BCUT2D eigenvalue weighted by Gasteiger charge is -2.13. The molecule has 1 amide bonds. The summed E-state index contributed by atoms with van der Waals surface area (Å²) in [5.74, 6) is 2.26. The molecule has 198 valence electrons. The Morgan fingerprint density at radius 3 is 2.37 bits per heavy atom. The molecule has 0 radical (unpaired) electrons. The van der Waals surface area contributed by atoms with Gasteiger partial charge in [-0.2, -0.15) is 5.10 Å². The second kappa shape index (κ2) is 13.2. The fraction of sp³-hybridized carbons (Fsp3) is 0.214. The molecule has 10 heteroatoms. The Bertz CT molecular complexity index is 1380. The Balaban J connectivity index is 1.29. The van der Waals surface area contributed by atoms with Crippen molar-refractivity contribution in [3.05, 3.63) is 93.7 Å². The lowest BCUT2D eigenvalue weighted by Crippen LogP contribution is -2.14. The molecular weight excluding hydrogens is 574 g/mol. The summed E-state index contributed by atoms with van der Waals surface area (Å²) in [6.45, 7) is 5.46. The van der Waals surface area contributed by atoms with Gasteiger partial charge in [-0.15, -0.1) is 0 Å². The summed E-state index contributed by atoms with van der Waals surface area (Å²) in [6, 6.07) is 19.8. The average Bonchev–Trinajstić information content (AvgIpc) is 3.39. The molecule has 0 saturated heterocycles. The number of carbonyl (C=O) groups excluding carboxylic acids is 1. The highest BCUT2D eigenvalue weighted by Gasteiger charge is 2.11. The number of halogens is 2. The number of hydrogen-bond acceptors (Lipinski definition) is 6. The van der Waals surface area contributed by atoms with Crippen LogP contribution in [0.4, 0.5) is 5.69 Å². The Labute approximate surface area is 234 Å². The van der Waals surface area contributed by atoms with Crippen molar-refractivity contribution in [2.24, 2.45) is 0 Å². The number of ether oxygens (including phenoxy) is 4. The van der Waals surface area contributed by atoms with Gasteiger partial charge >= 0.3 is 0 Å². The van der Waals surface area contributed by atoms with Crippen molar-refractivity contribution in [2.45, 2.75) is 27.2 Å². The van der Waals surface area contributed by atoms with Gasteiger partial charge in [-0.1, -0.05) is 33.6 Å². The number of amides is 1. The predicted octanol–water partition coefficient (Wildman–Crippen LogP) is 6.96. The van der Waals surface area contributed by atoms with Crippen molar-refractivity contribution in [1.29, 1.82) is 0 Å². The Kier molecular flexibility index (Phi) is 9.51. The van der Waals surface area contributed by atoms with Gasteiger partial charge in [0, 0.05) is 16.4 Å². The van der Waals surface area contributed by atoms with E-state index in [-0.39, 0.29) is 18.3 Å². The van der Waals surface area contributed by atoms with E-state index in [0.717, 1.165) is 10.0 Å². The third kappa shape index (κ3) is 7.43. The van der Waals surface area contributed by atoms with Gasteiger partial charge < -0.3 is 24.3 Å². The van der Waals surface area contributed by atoms with Gasteiger partial charge in [-0.05, 0) is 80.1 Å². The molecule has 0 aliphatic carbocycles. The summed E-state index contributed by atoms with van der Waals surface area (Å²) in [6.07, 6.45) is 1.66. The fourth-order valence-electron chi connectivity index (χ4n) is 3.46. The van der Waals surface area contributed by atoms with Gasteiger partial charge in [0.25, 0.3) is 5.91 Å². The zero-order valence-electron chi connectivity index (χ0n) is 20.9. The third-order valence-corrected chi connectivity index (χ3v) is 6.03. The molecule has 4 rings (SSSR count). The minimum absolute atomic E-state index is 0.112. The van der Waals surface area contributed by atoms with Crippen molar-refractivity contribution in [3.63, 3.8) is 0 Å². The number of aromatic nitrogens is 2. The lowest BCUT2D eigenvalue weighted by molar-refractivity contribution is 0.102. The van der Waals surface area contributed by atoms with E-state index in [1.807, 2.05) is 38.1 Å². The molecule has 1 aromatic heterocycles. The molecule has 0 saturated carbocycles. The molecule has 38 heavy (non-hydrogen) atoms. The molecule has 0 unspecified atom stereocenters. The highest BCUT2D eigenvalue weighted by atomic mass is 79.9. The number of nitrogens with zero attached hydrogens (tertiary/aromatic N) is 2. The zero-order chi connectivity index (χ0) is 26.9. The van der Waals surface area contributed by atoms with Crippen molar-refractivity contribution in [2.75, 3.05) is 18.5 Å². The SMILES string of the molecule is CCOc1ccc(COc2ccc(NC(=O)c3ccn(COc4ccc(Br)cc4Cl)n3)cc2)cc1OCC. The fourth-order valence-corrected chi connectivity index (χ4v) is 4.19. The summed E-state index contributed by atoms with van der Waals surface area (Å²) in [5.41, 5.74) is 1.84. The van der Waals surface area contributed by atoms with Crippen LogP contribution in [0.2, 0.25) is 5.02 Å². The minimum Gasteiger partial charge on any atom is -0.490 e. The highest BCUT2D eigenvalue weighted by Crippen LogP contribution is 2.30. The van der Waals surface area contributed by atoms with Crippen molar-refractivity contribution in [1.82, 2.24) is 9.78 Å². The van der Waals surface area contributed by atoms with Gasteiger partial charge in [-0.3, -0.25) is 4.79 Å². The van der Waals surface area contributed by atoms with Crippen molar-refractivity contribution in [3.8, 4) is 23.0 Å². The van der Waals surface area contributed by atoms with E-state index in [0.29, 0.717) is 53.5 Å². The van der Waals surface area contributed by atoms with E-state index >= 15 is 0 Å². The molecule has 3 aromatic carbocycles. The maximum Gasteiger partial charge on any atom is 0.276 e. The van der Waals surface area contributed by atoms with Crippen LogP contribution in [-0.4, -0.2) is 28.9 Å². The van der Waals surface area contributed by atoms with Gasteiger partial charge in [-0.25, -0.2) is 4.68 Å². The summed E-state index contributed by atoms with van der Waals surface area (Å²) < 4.78 is 25.2. The Morgan fingerprint density at radius 2 is 1.63 bits per heavy atom. The molecular formula is C28H27BrClN3O5. The maximum atomic E-state index is 12.6. The van der Waals surface area contributed by atoms with E-state index in [9.17, 15) is 4.79 Å². The molecule has 0 fully saturated rings. The Morgan fingerprint density at radius 1 is 0.895 bits per heavy atom. The molecule has 0 aliphatic heterocycles. The summed E-state index contributed by atoms with van der Waals surface area (Å²) in [4.78, 5) is 12.6. The molecule has 0 spiro atoms. The zero-order valence-corrected chi connectivity index (χ0v) is 23.3. The highest BCUT2D eigenvalue weighted by molar-refractivity contribution is 9.10. The first kappa shape index (κ1) is 27.3. The first-order valence-electron chi connectivity index (χ1n) is 12.0. The van der Waals surface area contributed by atoms with Crippen LogP contribution >= 0.6 is 27.5 Å². The second-order valence-electron chi connectivity index (χ2n) is 8.00. The van der Waals surface area contributed by atoms with Crippen LogP contribution in [0.1, 0.15) is 29.9 Å². The average molecular weight is 601 g/mol. The first-order chi connectivity index (χ1) is 18.4. The van der Waals surface area contributed by atoms with Crippen LogP contribution in [0.3, 0.4) is 0 Å². The molecule has 0 atom stereocenters. The normalized spacial score (nSPS) is 10.6. The number of carbonyl (C=O) groups is 1. The Hall–Kier alpha value is -3.69. The van der Waals surface area contributed by atoms with E-state index in [1.165, 1.54) is 4.68 Å². The van der Waals surface area contributed by atoms with E-state index < -0.39 is 0 Å². The summed E-state index contributed by atoms with van der Waals surface area (Å²) in [5, 5.41) is 7.58. The van der Waals surface area contributed by atoms with E-state index in [4.69, 9.17) is 30.5 Å². The number of rotatable bonds is 12. The maximum absolute atomic E-state index is 12.6. The molecule has 4 aromatic rings. The third-order valence-electron chi connectivity index (χ3n) is 5.25. The molecule has 1 heterocycles. The van der Waals surface area contributed by atoms with Crippen molar-refractivity contribution >= 4 is 39.1 Å². The van der Waals surface area contributed by atoms with Gasteiger partial charge in [0.1, 0.15) is 18.1 Å². The van der Waals surface area contributed by atoms with Crippen LogP contribution in [0.5, 0.6) is 23.0 Å². The number of anilines is 1. The van der Waals surface area contributed by atoms with Crippen molar-refractivity contribution < 1.29 is 23.7 Å². The van der Waals surface area contributed by atoms with Crippen LogP contribution in [-0.2, 0) is 13.3 Å². The molecule has 8 nitrogen and oxygen atoms in total. The van der Waals surface area contributed by atoms with Gasteiger partial charge in [0.15, 0.2) is 23.9 Å². The monoisotopic (exact) mass is 599 g/mol. The van der Waals surface area contributed by atoms with Crippen LogP contribution in [0.15, 0.2) is 77.4 Å². The predicted molar refractivity (Wildman–Crippen MR) is 150 cm³/mol. The summed E-state index contributed by atoms with van der Waals surface area (Å²) >= 11 is 9.53. The lowest BCUT2D eigenvalue weighted by atomic mass is 10.2.